The molecule has 1 saturated carbocycles. The van der Waals surface area contributed by atoms with Gasteiger partial charge in [-0.3, -0.25) is 9.59 Å². The summed E-state index contributed by atoms with van der Waals surface area (Å²) in [5.41, 5.74) is 0.872. The van der Waals surface area contributed by atoms with Gasteiger partial charge in [-0.25, -0.2) is 4.98 Å². The zero-order valence-electron chi connectivity index (χ0n) is 11.2. The molecule has 6 heteroatoms. The van der Waals surface area contributed by atoms with Crippen molar-refractivity contribution in [3.63, 3.8) is 0 Å². The Morgan fingerprint density at radius 3 is 3.15 bits per heavy atom. The van der Waals surface area contributed by atoms with Gasteiger partial charge in [0.2, 0.25) is 11.8 Å². The van der Waals surface area contributed by atoms with E-state index < -0.39 is 0 Å². The van der Waals surface area contributed by atoms with Crippen molar-refractivity contribution in [2.45, 2.75) is 36.8 Å². The van der Waals surface area contributed by atoms with Crippen molar-refractivity contribution in [1.82, 2.24) is 10.3 Å². The molecule has 2 amide bonds. The number of amides is 2. The van der Waals surface area contributed by atoms with E-state index >= 15 is 0 Å². The van der Waals surface area contributed by atoms with Crippen LogP contribution in [0.1, 0.15) is 25.7 Å². The van der Waals surface area contributed by atoms with Crippen LogP contribution in [0.5, 0.6) is 0 Å². The lowest BCUT2D eigenvalue weighted by atomic mass is 10.2. The van der Waals surface area contributed by atoms with Crippen LogP contribution in [0, 0.1) is 0 Å². The number of aromatic nitrogens is 1. The molecule has 3 rings (SSSR count). The van der Waals surface area contributed by atoms with Crippen LogP contribution in [-0.2, 0) is 9.59 Å². The molecule has 0 bridgehead atoms. The fourth-order valence-electron chi connectivity index (χ4n) is 2.21. The standard InChI is InChI=1S/C14H17N3O2S/c18-12(16-10-5-6-10)4-2-8-17-11-3-1-7-15-14(11)20-9-13(17)19/h1,3,7,10H,2,4-6,8-9H2,(H,16,18). The van der Waals surface area contributed by atoms with Gasteiger partial charge in [0.25, 0.3) is 0 Å². The minimum Gasteiger partial charge on any atom is -0.353 e. The summed E-state index contributed by atoms with van der Waals surface area (Å²) in [4.78, 5) is 29.7. The Hall–Kier alpha value is -1.56. The molecule has 2 aliphatic rings. The molecule has 1 aliphatic heterocycles. The van der Waals surface area contributed by atoms with Gasteiger partial charge < -0.3 is 10.2 Å². The van der Waals surface area contributed by atoms with E-state index in [9.17, 15) is 9.59 Å². The molecule has 0 aromatic carbocycles. The molecule has 1 fully saturated rings. The van der Waals surface area contributed by atoms with Crippen molar-refractivity contribution in [2.24, 2.45) is 0 Å². The number of hydrogen-bond acceptors (Lipinski definition) is 4. The molecule has 1 aromatic heterocycles. The molecule has 0 saturated heterocycles. The van der Waals surface area contributed by atoms with Gasteiger partial charge in [0.15, 0.2) is 0 Å². The van der Waals surface area contributed by atoms with Gasteiger partial charge in [-0.2, -0.15) is 0 Å². The molecule has 1 aliphatic carbocycles. The van der Waals surface area contributed by atoms with E-state index in [4.69, 9.17) is 0 Å². The van der Waals surface area contributed by atoms with E-state index in [2.05, 4.69) is 10.3 Å². The second-order valence-corrected chi connectivity index (χ2v) is 6.07. The van der Waals surface area contributed by atoms with Crippen LogP contribution in [0.25, 0.3) is 0 Å². The number of nitrogens with one attached hydrogen (secondary N) is 1. The van der Waals surface area contributed by atoms with Gasteiger partial charge >= 0.3 is 0 Å². The summed E-state index contributed by atoms with van der Waals surface area (Å²) in [6.45, 7) is 0.580. The minimum atomic E-state index is 0.0951. The number of pyridine rings is 1. The highest BCUT2D eigenvalue weighted by Gasteiger charge is 2.26. The zero-order chi connectivity index (χ0) is 13.9. The second kappa shape index (κ2) is 5.83. The third-order valence-corrected chi connectivity index (χ3v) is 4.38. The lowest BCUT2D eigenvalue weighted by Crippen LogP contribution is -2.37. The summed E-state index contributed by atoms with van der Waals surface area (Å²) in [6.07, 6.45) is 5.11. The van der Waals surface area contributed by atoms with Gasteiger partial charge in [-0.15, -0.1) is 0 Å². The molecule has 20 heavy (non-hydrogen) atoms. The Morgan fingerprint density at radius 2 is 2.35 bits per heavy atom. The van der Waals surface area contributed by atoms with Crippen LogP contribution in [0.3, 0.4) is 0 Å². The lowest BCUT2D eigenvalue weighted by molar-refractivity contribution is -0.121. The van der Waals surface area contributed by atoms with E-state index in [1.165, 1.54) is 11.8 Å². The van der Waals surface area contributed by atoms with E-state index in [1.807, 2.05) is 12.1 Å². The van der Waals surface area contributed by atoms with Crippen molar-refractivity contribution in [3.8, 4) is 0 Å². The fraction of sp³-hybridized carbons (Fsp3) is 0.500. The Labute approximate surface area is 122 Å². The molecular formula is C14H17N3O2S. The predicted octanol–water partition coefficient (Wildman–Crippen LogP) is 1.58. The maximum absolute atomic E-state index is 12.0. The molecule has 1 N–H and O–H groups in total. The SMILES string of the molecule is O=C(CCCN1C(=O)CSc2ncccc21)NC1CC1. The van der Waals surface area contributed by atoms with Gasteiger partial charge in [0, 0.05) is 25.2 Å². The van der Waals surface area contributed by atoms with Gasteiger partial charge in [0.1, 0.15) is 5.03 Å². The quantitative estimate of drug-likeness (QED) is 0.894. The van der Waals surface area contributed by atoms with Crippen molar-refractivity contribution in [1.29, 1.82) is 0 Å². The van der Waals surface area contributed by atoms with Crippen LogP contribution < -0.4 is 10.2 Å². The Bertz CT molecular complexity index is 531. The van der Waals surface area contributed by atoms with E-state index in [1.54, 1.807) is 11.1 Å². The fourth-order valence-corrected chi connectivity index (χ4v) is 3.09. The molecule has 0 atom stereocenters. The first kappa shape index (κ1) is 13.4. The number of thioether (sulfide) groups is 1. The summed E-state index contributed by atoms with van der Waals surface area (Å²) in [7, 11) is 0. The second-order valence-electron chi connectivity index (χ2n) is 5.11. The smallest absolute Gasteiger partial charge is 0.237 e. The average Bonchev–Trinajstić information content (AvgIpc) is 3.25. The molecule has 5 nitrogen and oxygen atoms in total. The highest BCUT2D eigenvalue weighted by molar-refractivity contribution is 8.00. The zero-order valence-corrected chi connectivity index (χ0v) is 12.0. The maximum atomic E-state index is 12.0. The molecular weight excluding hydrogens is 274 g/mol. The van der Waals surface area contributed by atoms with Crippen LogP contribution in [0.2, 0.25) is 0 Å². The van der Waals surface area contributed by atoms with Crippen molar-refractivity contribution < 1.29 is 9.59 Å². The van der Waals surface area contributed by atoms with Gasteiger partial charge in [-0.05, 0) is 31.4 Å². The first-order chi connectivity index (χ1) is 9.74. The topological polar surface area (TPSA) is 62.3 Å². The summed E-state index contributed by atoms with van der Waals surface area (Å²) in [6, 6.07) is 4.15. The van der Waals surface area contributed by atoms with E-state index in [-0.39, 0.29) is 11.8 Å². The van der Waals surface area contributed by atoms with Gasteiger partial charge in [-0.1, -0.05) is 11.8 Å². The largest absolute Gasteiger partial charge is 0.353 e. The Balaban J connectivity index is 1.56. The lowest BCUT2D eigenvalue weighted by Gasteiger charge is -2.27. The minimum absolute atomic E-state index is 0.0951. The number of carbonyl (C=O) groups is 2. The van der Waals surface area contributed by atoms with Crippen LogP contribution >= 0.6 is 11.8 Å². The summed E-state index contributed by atoms with van der Waals surface area (Å²) in [5.74, 6) is 0.619. The number of fused-ring (bicyclic) bond motifs is 1. The number of anilines is 1. The van der Waals surface area contributed by atoms with Crippen molar-refractivity contribution >= 4 is 29.3 Å². The van der Waals surface area contributed by atoms with Crippen molar-refractivity contribution in [3.05, 3.63) is 18.3 Å². The number of carbonyl (C=O) groups excluding carboxylic acids is 2. The summed E-state index contributed by atoms with van der Waals surface area (Å²) >= 11 is 1.48. The first-order valence-corrected chi connectivity index (χ1v) is 7.90. The average molecular weight is 291 g/mol. The van der Waals surface area contributed by atoms with Crippen LogP contribution in [0.4, 0.5) is 5.69 Å². The molecule has 0 radical (unpaired) electrons. The highest BCUT2D eigenvalue weighted by atomic mass is 32.2. The summed E-state index contributed by atoms with van der Waals surface area (Å²) < 4.78 is 0. The molecule has 106 valence electrons. The molecule has 0 spiro atoms. The third kappa shape index (κ3) is 3.12. The van der Waals surface area contributed by atoms with Crippen LogP contribution in [-0.4, -0.2) is 35.1 Å². The number of hydrogen-bond donors (Lipinski definition) is 1. The summed E-state index contributed by atoms with van der Waals surface area (Å²) in [5, 5.41) is 3.86. The maximum Gasteiger partial charge on any atom is 0.237 e. The van der Waals surface area contributed by atoms with E-state index in [0.717, 1.165) is 23.6 Å². The third-order valence-electron chi connectivity index (χ3n) is 3.40. The predicted molar refractivity (Wildman–Crippen MR) is 77.7 cm³/mol. The Kier molecular flexibility index (Phi) is 3.91. The monoisotopic (exact) mass is 291 g/mol. The first-order valence-electron chi connectivity index (χ1n) is 6.91. The number of rotatable bonds is 5. The molecule has 2 heterocycles. The molecule has 0 unspecified atom stereocenters. The van der Waals surface area contributed by atoms with Gasteiger partial charge in [0.05, 0.1) is 11.4 Å². The normalized spacial score (nSPS) is 17.8. The van der Waals surface area contributed by atoms with E-state index in [0.29, 0.717) is 31.2 Å². The highest BCUT2D eigenvalue weighted by Crippen LogP contribution is 2.33. The Morgan fingerprint density at radius 1 is 1.50 bits per heavy atom. The van der Waals surface area contributed by atoms with Crippen LogP contribution in [0.15, 0.2) is 23.4 Å². The molecule has 1 aromatic rings. The number of nitrogens with zero attached hydrogens (tertiary/aromatic N) is 2. The van der Waals surface area contributed by atoms with Crippen molar-refractivity contribution in [2.75, 3.05) is 17.2 Å².